The van der Waals surface area contributed by atoms with E-state index >= 15 is 0 Å². The standard InChI is InChI=1S/C5H11N3O3.C4H10.C2H6/c6-1-3(7)5(11)8-2-4(9)10;1-3-4-2;1-2/h3H,1-2,6-7H2,(H,8,11)(H,9,10);3-4H2,1-2H3;1-2H3. The van der Waals surface area contributed by atoms with Crippen LogP contribution in [0.1, 0.15) is 40.5 Å². The van der Waals surface area contributed by atoms with E-state index in [-0.39, 0.29) is 6.54 Å². The van der Waals surface area contributed by atoms with E-state index in [0.717, 1.165) is 0 Å². The fourth-order valence-corrected chi connectivity index (χ4v) is 0.401. The second-order valence-electron chi connectivity index (χ2n) is 2.95. The number of amides is 1. The summed E-state index contributed by atoms with van der Waals surface area (Å²) in [7, 11) is 0. The molecule has 0 heterocycles. The Labute approximate surface area is 104 Å². The molecular formula is C11H27N3O3. The van der Waals surface area contributed by atoms with Gasteiger partial charge in [0.15, 0.2) is 0 Å². The zero-order chi connectivity index (χ0) is 14.3. The molecular weight excluding hydrogens is 222 g/mol. The van der Waals surface area contributed by atoms with Gasteiger partial charge in [-0.1, -0.05) is 40.5 Å². The number of unbranched alkanes of at least 4 members (excludes halogenated alkanes) is 1. The molecule has 17 heavy (non-hydrogen) atoms. The lowest BCUT2D eigenvalue weighted by Crippen LogP contribution is -2.46. The van der Waals surface area contributed by atoms with E-state index in [0.29, 0.717) is 0 Å². The second-order valence-corrected chi connectivity index (χ2v) is 2.95. The number of carboxylic acids is 1. The summed E-state index contributed by atoms with van der Waals surface area (Å²) < 4.78 is 0. The summed E-state index contributed by atoms with van der Waals surface area (Å²) in [5, 5.41) is 10.2. The third kappa shape index (κ3) is 20.8. The van der Waals surface area contributed by atoms with Gasteiger partial charge in [-0.3, -0.25) is 9.59 Å². The number of hydrogen-bond donors (Lipinski definition) is 4. The van der Waals surface area contributed by atoms with Crippen LogP contribution in [0.5, 0.6) is 0 Å². The van der Waals surface area contributed by atoms with Gasteiger partial charge >= 0.3 is 5.97 Å². The topological polar surface area (TPSA) is 118 Å². The molecule has 104 valence electrons. The minimum atomic E-state index is -1.11. The average molecular weight is 249 g/mol. The predicted molar refractivity (Wildman–Crippen MR) is 69.6 cm³/mol. The Morgan fingerprint density at radius 1 is 1.24 bits per heavy atom. The maximum absolute atomic E-state index is 10.7. The molecule has 0 aliphatic rings. The van der Waals surface area contributed by atoms with Gasteiger partial charge in [0.1, 0.15) is 6.54 Å². The van der Waals surface area contributed by atoms with Crippen molar-refractivity contribution in [1.29, 1.82) is 0 Å². The summed E-state index contributed by atoms with van der Waals surface area (Å²) >= 11 is 0. The predicted octanol–water partition coefficient (Wildman–Crippen LogP) is 0.306. The molecule has 0 aromatic carbocycles. The van der Waals surface area contributed by atoms with Crippen molar-refractivity contribution in [3.05, 3.63) is 0 Å². The third-order valence-electron chi connectivity index (χ3n) is 1.50. The van der Waals surface area contributed by atoms with Crippen LogP contribution in [0.2, 0.25) is 0 Å². The van der Waals surface area contributed by atoms with E-state index in [1.165, 1.54) is 12.8 Å². The number of nitrogens with one attached hydrogen (secondary N) is 1. The molecule has 0 aromatic rings. The summed E-state index contributed by atoms with van der Waals surface area (Å²) in [5.41, 5.74) is 10.2. The molecule has 6 N–H and O–H groups in total. The Balaban J connectivity index is -0.000000275. The van der Waals surface area contributed by atoms with E-state index in [1.54, 1.807) is 0 Å². The Morgan fingerprint density at radius 3 is 1.88 bits per heavy atom. The van der Waals surface area contributed by atoms with Crippen LogP contribution in [0.3, 0.4) is 0 Å². The largest absolute Gasteiger partial charge is 0.480 e. The van der Waals surface area contributed by atoms with E-state index in [9.17, 15) is 9.59 Å². The minimum absolute atomic E-state index is 0.00541. The molecule has 0 aromatic heterocycles. The molecule has 0 radical (unpaired) electrons. The van der Waals surface area contributed by atoms with Gasteiger partial charge in [-0.25, -0.2) is 0 Å². The van der Waals surface area contributed by atoms with Crippen molar-refractivity contribution in [3.8, 4) is 0 Å². The first-order chi connectivity index (χ1) is 7.99. The second kappa shape index (κ2) is 17.3. The number of nitrogens with two attached hydrogens (primary N) is 2. The smallest absolute Gasteiger partial charge is 0.322 e. The van der Waals surface area contributed by atoms with Gasteiger partial charge in [0, 0.05) is 6.54 Å². The maximum atomic E-state index is 10.7. The number of aliphatic carboxylic acids is 1. The van der Waals surface area contributed by atoms with Crippen LogP contribution in [0.4, 0.5) is 0 Å². The highest BCUT2D eigenvalue weighted by atomic mass is 16.4. The lowest BCUT2D eigenvalue weighted by Gasteiger charge is -2.06. The van der Waals surface area contributed by atoms with E-state index in [2.05, 4.69) is 19.2 Å². The Bertz CT molecular complexity index is 185. The van der Waals surface area contributed by atoms with Gasteiger partial charge in [-0.2, -0.15) is 0 Å². The van der Waals surface area contributed by atoms with Gasteiger partial charge in [0.2, 0.25) is 5.91 Å². The van der Waals surface area contributed by atoms with Crippen LogP contribution < -0.4 is 16.8 Å². The Morgan fingerprint density at radius 2 is 1.65 bits per heavy atom. The molecule has 6 nitrogen and oxygen atoms in total. The molecule has 0 rings (SSSR count). The average Bonchev–Trinajstić information content (AvgIpc) is 2.37. The summed E-state index contributed by atoms with van der Waals surface area (Å²) in [4.78, 5) is 20.6. The molecule has 1 amide bonds. The number of carbonyl (C=O) groups excluding carboxylic acids is 1. The Hall–Kier alpha value is -1.14. The van der Waals surface area contributed by atoms with Crippen LogP contribution in [-0.4, -0.2) is 36.1 Å². The quantitative estimate of drug-likeness (QED) is 0.559. The van der Waals surface area contributed by atoms with Gasteiger partial charge in [-0.05, 0) is 0 Å². The van der Waals surface area contributed by atoms with Crippen molar-refractivity contribution in [1.82, 2.24) is 5.32 Å². The van der Waals surface area contributed by atoms with Gasteiger partial charge < -0.3 is 21.9 Å². The van der Waals surface area contributed by atoms with Crippen LogP contribution in [-0.2, 0) is 9.59 Å². The summed E-state index contributed by atoms with van der Waals surface area (Å²) in [6.45, 7) is 7.94. The number of rotatable bonds is 5. The zero-order valence-corrected chi connectivity index (χ0v) is 11.3. The van der Waals surface area contributed by atoms with Crippen molar-refractivity contribution >= 4 is 11.9 Å². The van der Waals surface area contributed by atoms with Crippen molar-refractivity contribution in [2.75, 3.05) is 13.1 Å². The third-order valence-corrected chi connectivity index (χ3v) is 1.50. The molecule has 0 bridgehead atoms. The highest BCUT2D eigenvalue weighted by Crippen LogP contribution is 1.76. The first kappa shape index (κ1) is 21.2. The van der Waals surface area contributed by atoms with Gasteiger partial charge in [0.05, 0.1) is 6.04 Å². The van der Waals surface area contributed by atoms with Crippen molar-refractivity contribution in [3.63, 3.8) is 0 Å². The SMILES string of the molecule is CC.CCCC.NCC(N)C(=O)NCC(=O)O. The lowest BCUT2D eigenvalue weighted by atomic mass is 10.3. The highest BCUT2D eigenvalue weighted by Gasteiger charge is 2.10. The van der Waals surface area contributed by atoms with E-state index < -0.39 is 24.5 Å². The molecule has 0 saturated carbocycles. The molecule has 0 saturated heterocycles. The van der Waals surface area contributed by atoms with E-state index in [1.807, 2.05) is 13.8 Å². The molecule has 6 heteroatoms. The highest BCUT2D eigenvalue weighted by molar-refractivity contribution is 5.85. The van der Waals surface area contributed by atoms with E-state index in [4.69, 9.17) is 16.6 Å². The fourth-order valence-electron chi connectivity index (χ4n) is 0.401. The summed E-state index contributed by atoms with van der Waals surface area (Å²) in [5.74, 6) is -1.66. The maximum Gasteiger partial charge on any atom is 0.322 e. The molecule has 0 aliphatic carbocycles. The minimum Gasteiger partial charge on any atom is -0.480 e. The fraction of sp³-hybridized carbons (Fsp3) is 0.818. The molecule has 0 spiro atoms. The monoisotopic (exact) mass is 249 g/mol. The molecule has 1 atom stereocenters. The van der Waals surface area contributed by atoms with Crippen LogP contribution in [0.15, 0.2) is 0 Å². The van der Waals surface area contributed by atoms with Crippen LogP contribution in [0, 0.1) is 0 Å². The lowest BCUT2D eigenvalue weighted by molar-refractivity contribution is -0.138. The van der Waals surface area contributed by atoms with Crippen LogP contribution in [0.25, 0.3) is 0 Å². The number of hydrogen-bond acceptors (Lipinski definition) is 4. The number of carboxylic acid groups (broad SMARTS) is 1. The summed E-state index contributed by atoms with van der Waals surface area (Å²) in [6, 6.07) is -0.825. The Kier molecular flexibility index (Phi) is 21.5. The first-order valence-electron chi connectivity index (χ1n) is 5.94. The normalized spacial score (nSPS) is 10.0. The number of carbonyl (C=O) groups is 2. The van der Waals surface area contributed by atoms with Crippen LogP contribution >= 0.6 is 0 Å². The molecule has 1 unspecified atom stereocenters. The van der Waals surface area contributed by atoms with Crippen molar-refractivity contribution < 1.29 is 14.7 Å². The summed E-state index contributed by atoms with van der Waals surface area (Å²) in [6.07, 6.45) is 2.64. The van der Waals surface area contributed by atoms with Gasteiger partial charge in [-0.15, -0.1) is 0 Å². The first-order valence-corrected chi connectivity index (χ1v) is 5.94. The molecule has 0 fully saturated rings. The van der Waals surface area contributed by atoms with Crippen molar-refractivity contribution in [2.45, 2.75) is 46.6 Å². The van der Waals surface area contributed by atoms with Gasteiger partial charge in [0.25, 0.3) is 0 Å². The zero-order valence-electron chi connectivity index (χ0n) is 11.3. The molecule has 0 aliphatic heterocycles. The van der Waals surface area contributed by atoms with Crippen molar-refractivity contribution in [2.24, 2.45) is 11.5 Å².